The molecule has 1 aromatic rings. The van der Waals surface area contributed by atoms with Gasteiger partial charge in [0.05, 0.1) is 18.3 Å². The molecule has 8 heteroatoms. The molecule has 0 unspecified atom stereocenters. The number of hydrogen-bond acceptors (Lipinski definition) is 5. The van der Waals surface area contributed by atoms with E-state index >= 15 is 0 Å². The smallest absolute Gasteiger partial charge is 0.308 e. The molecular formula is C21H23FN2O5. The Labute approximate surface area is 167 Å². The first-order valence-corrected chi connectivity index (χ1v) is 9.54. The van der Waals surface area contributed by atoms with E-state index < -0.39 is 23.8 Å². The number of carbonyl (C=O) groups excluding carboxylic acids is 4. The summed E-state index contributed by atoms with van der Waals surface area (Å²) in [6.07, 6.45) is 3.55. The summed E-state index contributed by atoms with van der Waals surface area (Å²) in [5, 5.41) is 2.48. The monoisotopic (exact) mass is 402 g/mol. The second-order valence-corrected chi connectivity index (χ2v) is 7.32. The number of likely N-dealkylation sites (tertiary alicyclic amines) is 1. The van der Waals surface area contributed by atoms with Crippen LogP contribution in [0.15, 0.2) is 30.4 Å². The van der Waals surface area contributed by atoms with Gasteiger partial charge in [0.25, 0.3) is 5.91 Å². The molecule has 0 spiro atoms. The Bertz CT molecular complexity index is 856. The van der Waals surface area contributed by atoms with Crippen LogP contribution in [0.25, 0.3) is 0 Å². The summed E-state index contributed by atoms with van der Waals surface area (Å²) in [5.41, 5.74) is 0.703. The standard InChI is InChI=1S/C21H23FN2O5/c1-12-7-8-14(11-17(12)22)23-19(26)13(2)29-18(25)9-10-24-20(27)15-5-3-4-6-16(15)21(24)28/h3-4,7-8,11,13,15-16H,5-6,9-10H2,1-2H3,(H,23,26)/t13-,15-,16-/m0/s1. The lowest BCUT2D eigenvalue weighted by molar-refractivity contribution is -0.154. The molecule has 3 rings (SSSR count). The van der Waals surface area contributed by atoms with Crippen molar-refractivity contribution < 1.29 is 28.3 Å². The van der Waals surface area contributed by atoms with Crippen LogP contribution in [0, 0.1) is 24.6 Å². The van der Waals surface area contributed by atoms with Gasteiger partial charge in [0, 0.05) is 12.2 Å². The quantitative estimate of drug-likeness (QED) is 0.448. The molecule has 1 saturated heterocycles. The molecular weight excluding hydrogens is 379 g/mol. The number of esters is 1. The van der Waals surface area contributed by atoms with Crippen LogP contribution in [0.1, 0.15) is 31.7 Å². The summed E-state index contributed by atoms with van der Waals surface area (Å²) in [5.74, 6) is -2.97. The van der Waals surface area contributed by atoms with Gasteiger partial charge in [-0.2, -0.15) is 0 Å². The van der Waals surface area contributed by atoms with E-state index in [4.69, 9.17) is 4.74 Å². The first kappa shape index (κ1) is 20.7. The number of amides is 3. The molecule has 0 radical (unpaired) electrons. The number of nitrogens with one attached hydrogen (secondary N) is 1. The highest BCUT2D eigenvalue weighted by Crippen LogP contribution is 2.35. The number of benzene rings is 1. The van der Waals surface area contributed by atoms with Gasteiger partial charge in [0.1, 0.15) is 5.82 Å². The molecule has 1 aliphatic carbocycles. The minimum absolute atomic E-state index is 0.0684. The van der Waals surface area contributed by atoms with Gasteiger partial charge in [-0.05, 0) is 44.4 Å². The topological polar surface area (TPSA) is 92.8 Å². The van der Waals surface area contributed by atoms with Crippen molar-refractivity contribution in [2.75, 3.05) is 11.9 Å². The molecule has 1 fully saturated rings. The maximum absolute atomic E-state index is 13.6. The zero-order chi connectivity index (χ0) is 21.1. The van der Waals surface area contributed by atoms with E-state index in [2.05, 4.69) is 5.32 Å². The van der Waals surface area contributed by atoms with Gasteiger partial charge in [-0.25, -0.2) is 4.39 Å². The lowest BCUT2D eigenvalue weighted by atomic mass is 9.85. The summed E-state index contributed by atoms with van der Waals surface area (Å²) in [7, 11) is 0. The molecule has 29 heavy (non-hydrogen) atoms. The number of imide groups is 1. The van der Waals surface area contributed by atoms with Gasteiger partial charge >= 0.3 is 5.97 Å². The Hall–Kier alpha value is -3.03. The maximum Gasteiger partial charge on any atom is 0.308 e. The molecule has 2 aliphatic rings. The highest BCUT2D eigenvalue weighted by molar-refractivity contribution is 6.05. The van der Waals surface area contributed by atoms with Crippen LogP contribution < -0.4 is 5.32 Å². The number of rotatable bonds is 6. The van der Waals surface area contributed by atoms with Crippen LogP contribution in [0.5, 0.6) is 0 Å². The number of anilines is 1. The fourth-order valence-corrected chi connectivity index (χ4v) is 3.52. The molecule has 3 amide bonds. The lowest BCUT2D eigenvalue weighted by Crippen LogP contribution is -2.35. The molecule has 3 atom stereocenters. The number of aryl methyl sites for hydroxylation is 1. The Morgan fingerprint density at radius 3 is 2.41 bits per heavy atom. The summed E-state index contributed by atoms with van der Waals surface area (Å²) >= 11 is 0. The van der Waals surface area contributed by atoms with Gasteiger partial charge in [0.2, 0.25) is 11.8 Å². The van der Waals surface area contributed by atoms with Crippen LogP contribution in [0.4, 0.5) is 10.1 Å². The predicted molar refractivity (Wildman–Crippen MR) is 102 cm³/mol. The molecule has 0 aromatic heterocycles. The SMILES string of the molecule is Cc1ccc(NC(=O)[C@H](C)OC(=O)CCN2C(=O)[C@H]3CC=CC[C@@H]3C2=O)cc1F. The number of allylic oxidation sites excluding steroid dienone is 2. The average molecular weight is 402 g/mol. The molecule has 7 nitrogen and oxygen atoms in total. The fourth-order valence-electron chi connectivity index (χ4n) is 3.52. The number of halogens is 1. The number of nitrogens with zero attached hydrogens (tertiary/aromatic N) is 1. The highest BCUT2D eigenvalue weighted by Gasteiger charge is 2.47. The van der Waals surface area contributed by atoms with E-state index in [0.717, 1.165) is 4.90 Å². The second kappa shape index (κ2) is 8.55. The average Bonchev–Trinajstić information content (AvgIpc) is 2.93. The van der Waals surface area contributed by atoms with Crippen LogP contribution >= 0.6 is 0 Å². The molecule has 154 valence electrons. The highest BCUT2D eigenvalue weighted by atomic mass is 19.1. The van der Waals surface area contributed by atoms with Gasteiger partial charge in [-0.15, -0.1) is 0 Å². The van der Waals surface area contributed by atoms with Crippen molar-refractivity contribution in [3.8, 4) is 0 Å². The van der Waals surface area contributed by atoms with Crippen LogP contribution in [0.2, 0.25) is 0 Å². The fraction of sp³-hybridized carbons (Fsp3) is 0.429. The zero-order valence-corrected chi connectivity index (χ0v) is 16.3. The van der Waals surface area contributed by atoms with Crippen molar-refractivity contribution in [1.82, 2.24) is 4.90 Å². The Morgan fingerprint density at radius 2 is 1.83 bits per heavy atom. The minimum atomic E-state index is -1.11. The summed E-state index contributed by atoms with van der Waals surface area (Å²) in [6.45, 7) is 2.93. The van der Waals surface area contributed by atoms with Gasteiger partial charge in [0.15, 0.2) is 6.10 Å². The van der Waals surface area contributed by atoms with Crippen molar-refractivity contribution in [1.29, 1.82) is 0 Å². The number of carbonyl (C=O) groups is 4. The van der Waals surface area contributed by atoms with Gasteiger partial charge in [-0.1, -0.05) is 18.2 Å². The second-order valence-electron chi connectivity index (χ2n) is 7.32. The first-order chi connectivity index (χ1) is 13.8. The van der Waals surface area contributed by atoms with E-state index in [1.54, 1.807) is 13.0 Å². The third-order valence-corrected chi connectivity index (χ3v) is 5.26. The molecule has 0 saturated carbocycles. The molecule has 0 bridgehead atoms. The van der Waals surface area contributed by atoms with Crippen LogP contribution in [-0.2, 0) is 23.9 Å². The van der Waals surface area contributed by atoms with Crippen molar-refractivity contribution in [2.24, 2.45) is 11.8 Å². The predicted octanol–water partition coefficient (Wildman–Crippen LogP) is 2.35. The summed E-state index contributed by atoms with van der Waals surface area (Å²) < 4.78 is 18.6. The molecule has 1 aromatic carbocycles. The normalized spacial score (nSPS) is 21.7. The zero-order valence-electron chi connectivity index (χ0n) is 16.3. The Balaban J connectivity index is 1.48. The summed E-state index contributed by atoms with van der Waals surface area (Å²) in [6, 6.07) is 4.25. The largest absolute Gasteiger partial charge is 0.452 e. The minimum Gasteiger partial charge on any atom is -0.452 e. The maximum atomic E-state index is 13.6. The van der Waals surface area contributed by atoms with Crippen molar-refractivity contribution in [3.05, 3.63) is 41.7 Å². The Morgan fingerprint density at radius 1 is 1.21 bits per heavy atom. The first-order valence-electron chi connectivity index (χ1n) is 9.54. The molecule has 1 N–H and O–H groups in total. The van der Waals surface area contributed by atoms with E-state index in [1.165, 1.54) is 19.1 Å². The Kier molecular flexibility index (Phi) is 6.10. The third kappa shape index (κ3) is 4.52. The van der Waals surface area contributed by atoms with E-state index in [1.807, 2.05) is 12.2 Å². The number of ether oxygens (including phenoxy) is 1. The van der Waals surface area contributed by atoms with Gasteiger partial charge in [-0.3, -0.25) is 24.1 Å². The van der Waals surface area contributed by atoms with Crippen molar-refractivity contribution >= 4 is 29.4 Å². The lowest BCUT2D eigenvalue weighted by Gasteiger charge is -2.16. The van der Waals surface area contributed by atoms with Crippen LogP contribution in [-0.4, -0.2) is 41.2 Å². The van der Waals surface area contributed by atoms with Gasteiger partial charge < -0.3 is 10.1 Å². The van der Waals surface area contributed by atoms with E-state index in [0.29, 0.717) is 18.4 Å². The van der Waals surface area contributed by atoms with Crippen LogP contribution in [0.3, 0.4) is 0 Å². The van der Waals surface area contributed by atoms with Crippen molar-refractivity contribution in [3.63, 3.8) is 0 Å². The summed E-state index contributed by atoms with van der Waals surface area (Å²) in [4.78, 5) is 50.1. The number of hydrogen-bond donors (Lipinski definition) is 1. The molecule has 1 aliphatic heterocycles. The number of fused-ring (bicyclic) bond motifs is 1. The molecule has 1 heterocycles. The van der Waals surface area contributed by atoms with Crippen molar-refractivity contribution in [2.45, 2.75) is 39.2 Å². The third-order valence-electron chi connectivity index (χ3n) is 5.26. The van der Waals surface area contributed by atoms with E-state index in [9.17, 15) is 23.6 Å². The van der Waals surface area contributed by atoms with E-state index in [-0.39, 0.29) is 42.3 Å².